The maximum Gasteiger partial charge on any atom is 0.0703 e. The standard InChI is InChI=1S/C41H28N4/c1-5-13-38-33(9-1)34-10-2-6-14-39(34)44(38)31-22-21-30(42-26-31)25-28-17-19-29(20-18-28)37-24-23-32(27-43-37)45-40-15-7-3-11-35(40)36-12-4-8-16-41(36)45/h1-24,26-27H,25H2. The fourth-order valence-corrected chi connectivity index (χ4v) is 6.75. The molecule has 4 aromatic heterocycles. The molecule has 45 heavy (non-hydrogen) atoms. The third-order valence-electron chi connectivity index (χ3n) is 8.87. The maximum absolute atomic E-state index is 4.87. The monoisotopic (exact) mass is 576 g/mol. The van der Waals surface area contributed by atoms with E-state index in [1.54, 1.807) is 0 Å². The summed E-state index contributed by atoms with van der Waals surface area (Å²) < 4.78 is 4.60. The molecule has 0 atom stereocenters. The molecule has 4 heteroatoms. The molecule has 4 nitrogen and oxygen atoms in total. The second kappa shape index (κ2) is 10.3. The minimum absolute atomic E-state index is 0.772. The molecule has 5 aromatic carbocycles. The van der Waals surface area contributed by atoms with Gasteiger partial charge >= 0.3 is 0 Å². The van der Waals surface area contributed by atoms with Gasteiger partial charge in [0.2, 0.25) is 0 Å². The normalized spacial score (nSPS) is 11.6. The first-order valence-electron chi connectivity index (χ1n) is 15.3. The Morgan fingerprint density at radius 3 is 1.27 bits per heavy atom. The Balaban J connectivity index is 0.966. The van der Waals surface area contributed by atoms with Gasteiger partial charge in [-0.2, -0.15) is 0 Å². The number of hydrogen-bond donors (Lipinski definition) is 0. The largest absolute Gasteiger partial charge is 0.308 e. The van der Waals surface area contributed by atoms with E-state index >= 15 is 0 Å². The quantitative estimate of drug-likeness (QED) is 0.204. The van der Waals surface area contributed by atoms with E-state index in [0.29, 0.717) is 0 Å². The van der Waals surface area contributed by atoms with E-state index in [-0.39, 0.29) is 0 Å². The first-order chi connectivity index (χ1) is 22.3. The molecule has 0 spiro atoms. The number of benzene rings is 5. The Morgan fingerprint density at radius 1 is 0.400 bits per heavy atom. The molecule has 9 rings (SSSR count). The van der Waals surface area contributed by atoms with Crippen molar-refractivity contribution < 1.29 is 0 Å². The zero-order chi connectivity index (χ0) is 29.7. The van der Waals surface area contributed by atoms with Crippen LogP contribution in [-0.2, 0) is 6.42 Å². The number of hydrogen-bond acceptors (Lipinski definition) is 2. The van der Waals surface area contributed by atoms with Crippen LogP contribution in [0.3, 0.4) is 0 Å². The number of fused-ring (bicyclic) bond motifs is 6. The summed E-state index contributed by atoms with van der Waals surface area (Å²) in [5.41, 5.74) is 11.2. The van der Waals surface area contributed by atoms with Gasteiger partial charge in [0.1, 0.15) is 0 Å². The molecule has 0 saturated heterocycles. The Kier molecular flexibility index (Phi) is 5.85. The molecule has 0 aliphatic carbocycles. The second-order valence-corrected chi connectivity index (χ2v) is 11.5. The summed E-state index contributed by atoms with van der Waals surface area (Å²) in [5.74, 6) is 0. The van der Waals surface area contributed by atoms with Crippen molar-refractivity contribution in [2.75, 3.05) is 0 Å². The molecular formula is C41H28N4. The Bertz CT molecular complexity index is 2380. The highest BCUT2D eigenvalue weighted by Gasteiger charge is 2.13. The smallest absolute Gasteiger partial charge is 0.0703 e. The van der Waals surface area contributed by atoms with Crippen molar-refractivity contribution in [2.24, 2.45) is 0 Å². The van der Waals surface area contributed by atoms with Crippen LogP contribution in [0.2, 0.25) is 0 Å². The molecule has 0 radical (unpaired) electrons. The zero-order valence-corrected chi connectivity index (χ0v) is 24.5. The predicted molar refractivity (Wildman–Crippen MR) is 185 cm³/mol. The summed E-state index contributed by atoms with van der Waals surface area (Å²) in [5, 5.41) is 5.02. The first kappa shape index (κ1) is 25.5. The molecule has 0 fully saturated rings. The molecule has 0 amide bonds. The van der Waals surface area contributed by atoms with E-state index in [2.05, 4.69) is 155 Å². The highest BCUT2D eigenvalue weighted by molar-refractivity contribution is 6.10. The Labute approximate surface area is 260 Å². The molecule has 4 heterocycles. The van der Waals surface area contributed by atoms with Gasteiger partial charge in [0, 0.05) is 39.2 Å². The molecule has 212 valence electrons. The van der Waals surface area contributed by atoms with E-state index in [1.165, 1.54) is 49.2 Å². The van der Waals surface area contributed by atoms with Crippen molar-refractivity contribution in [1.82, 2.24) is 19.1 Å². The third-order valence-corrected chi connectivity index (χ3v) is 8.87. The molecule has 0 unspecified atom stereocenters. The molecule has 9 aromatic rings. The number of pyridine rings is 2. The number of rotatable bonds is 5. The van der Waals surface area contributed by atoms with Crippen molar-refractivity contribution in [1.29, 1.82) is 0 Å². The average Bonchev–Trinajstić information content (AvgIpc) is 3.62. The molecule has 0 aliphatic rings. The van der Waals surface area contributed by atoms with Gasteiger partial charge in [0.25, 0.3) is 0 Å². The third kappa shape index (κ3) is 4.22. The lowest BCUT2D eigenvalue weighted by molar-refractivity contribution is 1.05. The molecule has 0 saturated carbocycles. The topological polar surface area (TPSA) is 35.6 Å². The Hall–Kier alpha value is -6.00. The summed E-state index contributed by atoms with van der Waals surface area (Å²) in [6.45, 7) is 0. The Morgan fingerprint density at radius 2 is 0.844 bits per heavy atom. The average molecular weight is 577 g/mol. The van der Waals surface area contributed by atoms with Crippen molar-refractivity contribution in [3.63, 3.8) is 0 Å². The lowest BCUT2D eigenvalue weighted by Crippen LogP contribution is -1.98. The van der Waals surface area contributed by atoms with E-state index in [4.69, 9.17) is 9.97 Å². The van der Waals surface area contributed by atoms with Crippen LogP contribution in [0.15, 0.2) is 158 Å². The van der Waals surface area contributed by atoms with Crippen LogP contribution in [-0.4, -0.2) is 19.1 Å². The molecule has 0 N–H and O–H groups in total. The molecule has 0 bridgehead atoms. The van der Waals surface area contributed by atoms with Crippen LogP contribution in [0, 0.1) is 0 Å². The van der Waals surface area contributed by atoms with Gasteiger partial charge in [-0.1, -0.05) is 97.1 Å². The highest BCUT2D eigenvalue weighted by atomic mass is 15.0. The fourth-order valence-electron chi connectivity index (χ4n) is 6.75. The lowest BCUT2D eigenvalue weighted by atomic mass is 10.0. The van der Waals surface area contributed by atoms with E-state index in [9.17, 15) is 0 Å². The van der Waals surface area contributed by atoms with Crippen LogP contribution in [0.25, 0.3) is 66.2 Å². The predicted octanol–water partition coefficient (Wildman–Crippen LogP) is 9.93. The SMILES string of the molecule is c1ccc2c(c1)c1ccccc1n2-c1ccc(Cc2ccc(-c3ccc(-n4c5ccccc5c5ccccc54)cn3)cc2)nc1. The van der Waals surface area contributed by atoms with Crippen LogP contribution in [0.5, 0.6) is 0 Å². The van der Waals surface area contributed by atoms with Crippen molar-refractivity contribution >= 4 is 43.6 Å². The van der Waals surface area contributed by atoms with E-state index in [1.807, 2.05) is 12.4 Å². The summed E-state index contributed by atoms with van der Waals surface area (Å²) in [7, 11) is 0. The zero-order valence-electron chi connectivity index (χ0n) is 24.5. The molecule has 0 aliphatic heterocycles. The van der Waals surface area contributed by atoms with Gasteiger partial charge in [0.05, 0.1) is 51.5 Å². The van der Waals surface area contributed by atoms with Crippen molar-refractivity contribution in [3.05, 3.63) is 169 Å². The minimum atomic E-state index is 0.772. The van der Waals surface area contributed by atoms with Crippen LogP contribution in [0.1, 0.15) is 11.3 Å². The van der Waals surface area contributed by atoms with Crippen LogP contribution < -0.4 is 0 Å². The van der Waals surface area contributed by atoms with Gasteiger partial charge in [-0.25, -0.2) is 0 Å². The van der Waals surface area contributed by atoms with Gasteiger partial charge < -0.3 is 9.13 Å². The van der Waals surface area contributed by atoms with Gasteiger partial charge in [-0.15, -0.1) is 0 Å². The number of aromatic nitrogens is 4. The first-order valence-corrected chi connectivity index (χ1v) is 15.3. The van der Waals surface area contributed by atoms with Crippen molar-refractivity contribution in [2.45, 2.75) is 6.42 Å². The number of nitrogens with zero attached hydrogens (tertiary/aromatic N) is 4. The van der Waals surface area contributed by atoms with E-state index < -0.39 is 0 Å². The van der Waals surface area contributed by atoms with Crippen LogP contribution in [0.4, 0.5) is 0 Å². The number of para-hydroxylation sites is 4. The maximum atomic E-state index is 4.87. The summed E-state index contributed by atoms with van der Waals surface area (Å²) in [6, 6.07) is 51.5. The van der Waals surface area contributed by atoms with Gasteiger partial charge in [0.15, 0.2) is 0 Å². The van der Waals surface area contributed by atoms with Crippen LogP contribution >= 0.6 is 0 Å². The fraction of sp³-hybridized carbons (Fsp3) is 0.0244. The van der Waals surface area contributed by atoms with Gasteiger partial charge in [-0.3, -0.25) is 9.97 Å². The van der Waals surface area contributed by atoms with Gasteiger partial charge in [-0.05, 0) is 54.1 Å². The highest BCUT2D eigenvalue weighted by Crippen LogP contribution is 2.33. The van der Waals surface area contributed by atoms with E-state index in [0.717, 1.165) is 34.7 Å². The summed E-state index contributed by atoms with van der Waals surface area (Å²) >= 11 is 0. The summed E-state index contributed by atoms with van der Waals surface area (Å²) in [6.07, 6.45) is 4.74. The van der Waals surface area contributed by atoms with Crippen molar-refractivity contribution in [3.8, 4) is 22.6 Å². The summed E-state index contributed by atoms with van der Waals surface area (Å²) in [4.78, 5) is 9.74. The minimum Gasteiger partial charge on any atom is -0.308 e. The second-order valence-electron chi connectivity index (χ2n) is 11.5. The lowest BCUT2D eigenvalue weighted by Gasteiger charge is -2.10. The molecular weight excluding hydrogens is 548 g/mol.